The van der Waals surface area contributed by atoms with Gasteiger partial charge in [-0.2, -0.15) is 23.5 Å². The van der Waals surface area contributed by atoms with Crippen LogP contribution >= 0.6 is 0 Å². The van der Waals surface area contributed by atoms with Crippen LogP contribution in [0.2, 0.25) is 0 Å². The van der Waals surface area contributed by atoms with Crippen molar-refractivity contribution in [2.45, 2.75) is 69.5 Å². The topological polar surface area (TPSA) is 116 Å². The third-order valence-electron chi connectivity index (χ3n) is 6.45. The Morgan fingerprint density at radius 1 is 1.16 bits per heavy atom. The molecule has 0 spiro atoms. The molecule has 1 fully saturated rings. The standard InChI is InChI=1S/C25H29F3N6O2S/c1-24(2,3)37(36)33-21(25(26,27)28)15-8-10-17(11-9-15)31-22-20-19(12-13-30-23(20)35)34(32-22)18-7-5-4-6-16(18)14-29/h8-13,16,18,21,33H,4-7H2,1-3H3,(H,30,35)(H,31,32). The molecule has 3 aromatic rings. The first-order chi connectivity index (χ1) is 17.4. The summed E-state index contributed by atoms with van der Waals surface area (Å²) in [5.41, 5.74) is 0.555. The van der Waals surface area contributed by atoms with E-state index in [9.17, 15) is 27.4 Å². The molecule has 198 valence electrons. The molecule has 4 unspecified atom stereocenters. The molecule has 1 saturated carbocycles. The number of benzene rings is 1. The molecule has 0 amide bonds. The van der Waals surface area contributed by atoms with Crippen molar-refractivity contribution in [3.8, 4) is 6.07 Å². The molecule has 4 atom stereocenters. The minimum atomic E-state index is -4.66. The highest BCUT2D eigenvalue weighted by Crippen LogP contribution is 2.37. The maximum atomic E-state index is 13.8. The lowest BCUT2D eigenvalue weighted by molar-refractivity contribution is -0.152. The zero-order chi connectivity index (χ0) is 27.0. The van der Waals surface area contributed by atoms with Gasteiger partial charge >= 0.3 is 6.18 Å². The van der Waals surface area contributed by atoms with E-state index in [-0.39, 0.29) is 28.9 Å². The molecular formula is C25H29F3N6O2S. The summed E-state index contributed by atoms with van der Waals surface area (Å²) in [5, 5.41) is 17.6. The maximum absolute atomic E-state index is 13.8. The van der Waals surface area contributed by atoms with Gasteiger partial charge in [0.1, 0.15) is 11.4 Å². The first kappa shape index (κ1) is 26.9. The molecule has 4 rings (SSSR count). The first-order valence-electron chi connectivity index (χ1n) is 12.0. The zero-order valence-electron chi connectivity index (χ0n) is 20.7. The highest BCUT2D eigenvalue weighted by atomic mass is 32.2. The molecule has 2 aromatic heterocycles. The van der Waals surface area contributed by atoms with E-state index in [4.69, 9.17) is 0 Å². The fourth-order valence-electron chi connectivity index (χ4n) is 4.50. The number of aromatic nitrogens is 3. The molecule has 0 saturated heterocycles. The normalized spacial score (nSPS) is 20.4. The summed E-state index contributed by atoms with van der Waals surface area (Å²) < 4.78 is 56.7. The number of H-pyrrole nitrogens is 1. The fourth-order valence-corrected chi connectivity index (χ4v) is 5.34. The summed E-state index contributed by atoms with van der Waals surface area (Å²) in [4.78, 5) is 15.3. The Balaban J connectivity index is 1.66. The number of hydrogen-bond donors (Lipinski definition) is 3. The van der Waals surface area contributed by atoms with Crippen molar-refractivity contribution >= 4 is 33.4 Å². The summed E-state index contributed by atoms with van der Waals surface area (Å²) in [6.07, 6.45) is 0.296. The minimum Gasteiger partial charge on any atom is -0.338 e. The van der Waals surface area contributed by atoms with Crippen molar-refractivity contribution in [1.82, 2.24) is 19.5 Å². The van der Waals surface area contributed by atoms with Gasteiger partial charge in [-0.3, -0.25) is 9.48 Å². The predicted octanol–water partition coefficient (Wildman–Crippen LogP) is 5.38. The number of aromatic amines is 1. The second kappa shape index (κ2) is 10.3. The van der Waals surface area contributed by atoms with E-state index in [1.165, 1.54) is 30.5 Å². The number of rotatable bonds is 6. The number of alkyl halides is 3. The third kappa shape index (κ3) is 5.72. The number of hydrogen-bond acceptors (Lipinski definition) is 5. The number of halogens is 3. The summed E-state index contributed by atoms with van der Waals surface area (Å²) in [7, 11) is -1.93. The van der Waals surface area contributed by atoms with Gasteiger partial charge in [-0.1, -0.05) is 25.0 Å². The molecule has 0 bridgehead atoms. The highest BCUT2D eigenvalue weighted by Gasteiger charge is 2.43. The van der Waals surface area contributed by atoms with Gasteiger partial charge in [-0.05, 0) is 57.4 Å². The van der Waals surface area contributed by atoms with Crippen LogP contribution in [-0.4, -0.2) is 29.9 Å². The summed E-state index contributed by atoms with van der Waals surface area (Å²) in [6, 6.07) is 7.30. The van der Waals surface area contributed by atoms with Crippen LogP contribution in [-0.2, 0) is 11.0 Å². The van der Waals surface area contributed by atoms with Crippen molar-refractivity contribution in [3.63, 3.8) is 0 Å². The van der Waals surface area contributed by atoms with E-state index in [0.717, 1.165) is 25.7 Å². The molecule has 8 nitrogen and oxygen atoms in total. The lowest BCUT2D eigenvalue weighted by Gasteiger charge is -2.27. The van der Waals surface area contributed by atoms with Gasteiger partial charge in [-0.15, -0.1) is 0 Å². The molecular weight excluding hydrogens is 505 g/mol. The van der Waals surface area contributed by atoms with Gasteiger partial charge in [0.2, 0.25) is 0 Å². The van der Waals surface area contributed by atoms with Crippen LogP contribution in [0.5, 0.6) is 0 Å². The second-order valence-corrected chi connectivity index (χ2v) is 12.2. The third-order valence-corrected chi connectivity index (χ3v) is 8.02. The monoisotopic (exact) mass is 534 g/mol. The van der Waals surface area contributed by atoms with Crippen LogP contribution in [0.15, 0.2) is 41.3 Å². The van der Waals surface area contributed by atoms with Crippen molar-refractivity contribution in [1.29, 1.82) is 5.26 Å². The van der Waals surface area contributed by atoms with Gasteiger partial charge in [0, 0.05) is 11.9 Å². The highest BCUT2D eigenvalue weighted by molar-refractivity contribution is 7.84. The van der Waals surface area contributed by atoms with E-state index in [0.29, 0.717) is 16.6 Å². The lowest BCUT2D eigenvalue weighted by Crippen LogP contribution is -2.41. The van der Waals surface area contributed by atoms with Crippen LogP contribution < -0.4 is 15.6 Å². The largest absolute Gasteiger partial charge is 0.408 e. The Kier molecular flexibility index (Phi) is 7.48. The minimum absolute atomic E-state index is 0.0945. The summed E-state index contributed by atoms with van der Waals surface area (Å²) >= 11 is 0. The summed E-state index contributed by atoms with van der Waals surface area (Å²) in [6.45, 7) is 4.77. The van der Waals surface area contributed by atoms with Gasteiger partial charge in [0.15, 0.2) is 5.82 Å². The van der Waals surface area contributed by atoms with Gasteiger partial charge < -0.3 is 10.3 Å². The Labute approximate surface area is 214 Å². The quantitative estimate of drug-likeness (QED) is 0.393. The lowest BCUT2D eigenvalue weighted by atomic mass is 9.85. The SMILES string of the molecule is CC(C)(C)S(=O)NC(c1ccc(Nc2nn(C3CCCCC3C#N)c3cc[nH]c(=O)c23)cc1)C(F)(F)F. The van der Waals surface area contributed by atoms with E-state index >= 15 is 0 Å². The van der Waals surface area contributed by atoms with Crippen LogP contribution in [0.1, 0.15) is 64.1 Å². The number of nitrogens with zero attached hydrogens (tertiary/aromatic N) is 3. The number of fused-ring (bicyclic) bond motifs is 1. The maximum Gasteiger partial charge on any atom is 0.408 e. The van der Waals surface area contributed by atoms with E-state index in [1.54, 1.807) is 31.5 Å². The Morgan fingerprint density at radius 3 is 2.46 bits per heavy atom. The molecule has 37 heavy (non-hydrogen) atoms. The Bertz CT molecular complexity index is 1390. The fraction of sp³-hybridized carbons (Fsp3) is 0.480. The number of nitrogens with one attached hydrogen (secondary N) is 3. The molecule has 1 aromatic carbocycles. The van der Waals surface area contributed by atoms with Crippen LogP contribution in [0.4, 0.5) is 24.7 Å². The van der Waals surface area contributed by atoms with Crippen LogP contribution in [0.25, 0.3) is 10.9 Å². The Hall–Kier alpha value is -3.17. The number of nitriles is 1. The van der Waals surface area contributed by atoms with Crippen LogP contribution in [0, 0.1) is 17.2 Å². The van der Waals surface area contributed by atoms with Crippen molar-refractivity contribution in [2.75, 3.05) is 5.32 Å². The number of pyridine rings is 1. The van der Waals surface area contributed by atoms with E-state index in [2.05, 4.69) is 26.2 Å². The average Bonchev–Trinajstić information content (AvgIpc) is 3.21. The van der Waals surface area contributed by atoms with Gasteiger partial charge in [0.25, 0.3) is 5.56 Å². The second-order valence-electron chi connectivity index (χ2n) is 10.2. The van der Waals surface area contributed by atoms with Gasteiger partial charge in [0.05, 0.1) is 39.3 Å². The average molecular weight is 535 g/mol. The van der Waals surface area contributed by atoms with E-state index in [1.807, 2.05) is 0 Å². The van der Waals surface area contributed by atoms with Crippen LogP contribution in [0.3, 0.4) is 0 Å². The molecule has 1 aliphatic carbocycles. The van der Waals surface area contributed by atoms with Crippen molar-refractivity contribution in [2.24, 2.45) is 5.92 Å². The molecule has 12 heteroatoms. The molecule has 0 aliphatic heterocycles. The first-order valence-corrected chi connectivity index (χ1v) is 13.2. The summed E-state index contributed by atoms with van der Waals surface area (Å²) in [5.74, 6) is 0.0277. The molecule has 2 heterocycles. The smallest absolute Gasteiger partial charge is 0.338 e. The molecule has 0 radical (unpaired) electrons. The number of anilines is 2. The van der Waals surface area contributed by atoms with Crippen molar-refractivity contribution in [3.05, 3.63) is 52.4 Å². The van der Waals surface area contributed by atoms with E-state index < -0.39 is 28.0 Å². The van der Waals surface area contributed by atoms with Crippen molar-refractivity contribution < 1.29 is 17.4 Å². The van der Waals surface area contributed by atoms with Gasteiger partial charge in [-0.25, -0.2) is 8.93 Å². The molecule has 3 N–H and O–H groups in total. The predicted molar refractivity (Wildman–Crippen MR) is 137 cm³/mol. The zero-order valence-corrected chi connectivity index (χ0v) is 21.5. The molecule has 1 aliphatic rings. The Morgan fingerprint density at radius 2 is 1.84 bits per heavy atom.